The summed E-state index contributed by atoms with van der Waals surface area (Å²) in [5.74, 6) is -1.12. The molecule has 34 heavy (non-hydrogen) atoms. The maximum atomic E-state index is 13.1. The van der Waals surface area contributed by atoms with Crippen LogP contribution in [0.4, 0.5) is 5.69 Å². The van der Waals surface area contributed by atoms with Crippen molar-refractivity contribution in [2.45, 2.75) is 18.6 Å². The third-order valence-corrected chi connectivity index (χ3v) is 8.15. The molecule has 4 rings (SSSR count). The van der Waals surface area contributed by atoms with Crippen molar-refractivity contribution in [1.29, 1.82) is 0 Å². The smallest absolute Gasteiger partial charge is 0.256 e. The Kier molecular flexibility index (Phi) is 7.88. The monoisotopic (exact) mass is 505 g/mol. The molecule has 1 atom stereocenters. The second-order valence-electron chi connectivity index (χ2n) is 8.52. The fraction of sp³-hybridized carbons (Fsp3) is 0.417. The van der Waals surface area contributed by atoms with Crippen LogP contribution >= 0.6 is 11.6 Å². The Bertz CT molecular complexity index is 1150. The van der Waals surface area contributed by atoms with Gasteiger partial charge in [0.15, 0.2) is 0 Å². The molecule has 0 bridgehead atoms. The minimum atomic E-state index is -3.61. The highest BCUT2D eigenvalue weighted by molar-refractivity contribution is 7.88. The van der Waals surface area contributed by atoms with E-state index >= 15 is 0 Å². The van der Waals surface area contributed by atoms with Crippen LogP contribution in [-0.4, -0.2) is 68.8 Å². The van der Waals surface area contributed by atoms with Gasteiger partial charge < -0.3 is 15.0 Å². The molecule has 2 fully saturated rings. The molecule has 1 unspecified atom stereocenters. The first kappa shape index (κ1) is 24.7. The largest absolute Gasteiger partial charge is 0.378 e. The van der Waals surface area contributed by atoms with Crippen LogP contribution in [0, 0.1) is 5.92 Å². The topological polar surface area (TPSA) is 96.0 Å². The normalized spacial score (nSPS) is 19.6. The van der Waals surface area contributed by atoms with E-state index in [4.69, 9.17) is 16.3 Å². The molecule has 2 heterocycles. The standard InChI is InChI=1S/C24H28ClN3O5S/c25-20-7-3-5-18(15-20)17-34(31,32)28-10-4-6-19(16-28)23(29)26-22-9-2-1-8-21(22)24(30)27-11-13-33-14-12-27/h1-3,5,7-9,15,19H,4,6,10-14,16-17H2,(H,26,29). The Balaban J connectivity index is 1.43. The van der Waals surface area contributed by atoms with E-state index in [1.54, 1.807) is 53.4 Å². The first-order valence-corrected chi connectivity index (χ1v) is 13.3. The molecule has 0 radical (unpaired) electrons. The van der Waals surface area contributed by atoms with Gasteiger partial charge in [0.2, 0.25) is 15.9 Å². The molecular formula is C24H28ClN3O5S. The number of morpholine rings is 1. The molecule has 2 aliphatic rings. The van der Waals surface area contributed by atoms with E-state index in [-0.39, 0.29) is 24.1 Å². The number of ether oxygens (including phenoxy) is 1. The minimum Gasteiger partial charge on any atom is -0.378 e. The molecule has 0 saturated carbocycles. The van der Waals surface area contributed by atoms with Gasteiger partial charge in [-0.1, -0.05) is 35.9 Å². The zero-order valence-electron chi connectivity index (χ0n) is 18.8. The Morgan fingerprint density at radius 3 is 2.59 bits per heavy atom. The van der Waals surface area contributed by atoms with Crippen LogP contribution in [-0.2, 0) is 25.3 Å². The van der Waals surface area contributed by atoms with Gasteiger partial charge >= 0.3 is 0 Å². The predicted octanol–water partition coefficient (Wildman–Crippen LogP) is 2.99. The third kappa shape index (κ3) is 5.96. The van der Waals surface area contributed by atoms with Crippen LogP contribution in [0.2, 0.25) is 5.02 Å². The van der Waals surface area contributed by atoms with Crippen LogP contribution in [0.15, 0.2) is 48.5 Å². The first-order valence-electron chi connectivity index (χ1n) is 11.3. The number of anilines is 1. The van der Waals surface area contributed by atoms with Crippen LogP contribution in [0.3, 0.4) is 0 Å². The van der Waals surface area contributed by atoms with Crippen molar-refractivity contribution < 1.29 is 22.7 Å². The van der Waals surface area contributed by atoms with Gasteiger partial charge in [0, 0.05) is 31.2 Å². The van der Waals surface area contributed by atoms with E-state index in [1.807, 2.05) is 0 Å². The number of hydrogen-bond acceptors (Lipinski definition) is 5. The van der Waals surface area contributed by atoms with Gasteiger partial charge in [-0.05, 0) is 42.7 Å². The zero-order valence-corrected chi connectivity index (χ0v) is 20.4. The highest BCUT2D eigenvalue weighted by Crippen LogP contribution is 2.25. The molecule has 182 valence electrons. The maximum Gasteiger partial charge on any atom is 0.256 e. The average molecular weight is 506 g/mol. The van der Waals surface area contributed by atoms with Gasteiger partial charge in [0.1, 0.15) is 0 Å². The van der Waals surface area contributed by atoms with Crippen LogP contribution < -0.4 is 5.32 Å². The number of amides is 2. The van der Waals surface area contributed by atoms with Gasteiger partial charge in [-0.2, -0.15) is 0 Å². The Morgan fingerprint density at radius 1 is 1.06 bits per heavy atom. The van der Waals surface area contributed by atoms with Gasteiger partial charge in [-0.3, -0.25) is 9.59 Å². The zero-order chi connectivity index (χ0) is 24.1. The van der Waals surface area contributed by atoms with Crippen molar-refractivity contribution in [3.05, 3.63) is 64.7 Å². The van der Waals surface area contributed by atoms with Gasteiger partial charge in [-0.25, -0.2) is 12.7 Å². The Hall–Kier alpha value is -2.46. The molecule has 2 amide bonds. The summed E-state index contributed by atoms with van der Waals surface area (Å²) in [5, 5.41) is 3.35. The lowest BCUT2D eigenvalue weighted by Crippen LogP contribution is -2.44. The molecule has 2 aromatic rings. The van der Waals surface area contributed by atoms with Crippen molar-refractivity contribution >= 4 is 39.1 Å². The summed E-state index contributed by atoms with van der Waals surface area (Å²) in [7, 11) is -3.61. The van der Waals surface area contributed by atoms with E-state index in [9.17, 15) is 18.0 Å². The summed E-state index contributed by atoms with van der Waals surface area (Å²) in [4.78, 5) is 27.8. The lowest BCUT2D eigenvalue weighted by atomic mass is 9.98. The summed E-state index contributed by atoms with van der Waals surface area (Å²) in [6.07, 6.45) is 1.16. The quantitative estimate of drug-likeness (QED) is 0.651. The van der Waals surface area contributed by atoms with Crippen LogP contribution in [0.25, 0.3) is 0 Å². The van der Waals surface area contributed by atoms with Crippen LogP contribution in [0.5, 0.6) is 0 Å². The Labute approximate surface area is 204 Å². The van der Waals surface area contributed by atoms with E-state index < -0.39 is 15.9 Å². The fourth-order valence-electron chi connectivity index (χ4n) is 4.29. The van der Waals surface area contributed by atoms with Crippen molar-refractivity contribution in [3.63, 3.8) is 0 Å². The number of benzene rings is 2. The summed E-state index contributed by atoms with van der Waals surface area (Å²) < 4.78 is 32.7. The van der Waals surface area contributed by atoms with Crippen molar-refractivity contribution in [2.75, 3.05) is 44.7 Å². The van der Waals surface area contributed by atoms with E-state index in [0.717, 1.165) is 0 Å². The Morgan fingerprint density at radius 2 is 1.82 bits per heavy atom. The maximum absolute atomic E-state index is 13.1. The number of carbonyl (C=O) groups excluding carboxylic acids is 2. The van der Waals surface area contributed by atoms with E-state index in [2.05, 4.69) is 5.32 Å². The molecule has 0 aliphatic carbocycles. The number of nitrogens with zero attached hydrogens (tertiary/aromatic N) is 2. The van der Waals surface area contributed by atoms with Crippen molar-refractivity contribution in [1.82, 2.24) is 9.21 Å². The summed E-state index contributed by atoms with van der Waals surface area (Å²) >= 11 is 5.99. The molecule has 2 aliphatic heterocycles. The van der Waals surface area contributed by atoms with Crippen molar-refractivity contribution in [3.8, 4) is 0 Å². The number of carbonyl (C=O) groups is 2. The number of halogens is 1. The second kappa shape index (κ2) is 10.9. The summed E-state index contributed by atoms with van der Waals surface area (Å²) in [6.45, 7) is 2.46. The highest BCUT2D eigenvalue weighted by Gasteiger charge is 2.33. The number of hydrogen-bond donors (Lipinski definition) is 1. The molecule has 2 aromatic carbocycles. The van der Waals surface area contributed by atoms with Crippen LogP contribution in [0.1, 0.15) is 28.8 Å². The van der Waals surface area contributed by atoms with Gasteiger partial charge in [0.25, 0.3) is 5.91 Å². The van der Waals surface area contributed by atoms with E-state index in [0.29, 0.717) is 67.5 Å². The highest BCUT2D eigenvalue weighted by atomic mass is 35.5. The third-order valence-electron chi connectivity index (χ3n) is 6.10. The summed E-state index contributed by atoms with van der Waals surface area (Å²) in [6, 6.07) is 13.7. The molecule has 10 heteroatoms. The number of para-hydroxylation sites is 1. The van der Waals surface area contributed by atoms with E-state index in [1.165, 1.54) is 4.31 Å². The lowest BCUT2D eigenvalue weighted by molar-refractivity contribution is -0.120. The molecule has 2 saturated heterocycles. The number of nitrogens with one attached hydrogen (secondary N) is 1. The number of rotatable bonds is 6. The van der Waals surface area contributed by atoms with Gasteiger partial charge in [-0.15, -0.1) is 0 Å². The molecule has 0 aromatic heterocycles. The average Bonchev–Trinajstić information content (AvgIpc) is 2.84. The number of sulfonamides is 1. The molecular weight excluding hydrogens is 478 g/mol. The molecule has 0 spiro atoms. The fourth-order valence-corrected chi connectivity index (χ4v) is 6.10. The second-order valence-corrected chi connectivity index (χ2v) is 10.9. The van der Waals surface area contributed by atoms with Crippen molar-refractivity contribution in [2.24, 2.45) is 5.92 Å². The van der Waals surface area contributed by atoms with Gasteiger partial charge in [0.05, 0.1) is 36.1 Å². The first-order chi connectivity index (χ1) is 16.3. The molecule has 1 N–H and O–H groups in total. The lowest BCUT2D eigenvalue weighted by Gasteiger charge is -2.31. The SMILES string of the molecule is O=C(Nc1ccccc1C(=O)N1CCOCC1)C1CCCN(S(=O)(=O)Cc2cccc(Cl)c2)C1. The summed E-state index contributed by atoms with van der Waals surface area (Å²) in [5.41, 5.74) is 1.46. The minimum absolute atomic E-state index is 0.105. The molecule has 8 nitrogen and oxygen atoms in total. The predicted molar refractivity (Wildman–Crippen MR) is 130 cm³/mol. The number of piperidine rings is 1.